The first kappa shape index (κ1) is 21.8. The number of epoxide rings is 1. The molecule has 0 aliphatic carbocycles. The average Bonchev–Trinajstić information content (AvgIpc) is 3.66. The number of hydrogen-bond acceptors (Lipinski definition) is 2. The second kappa shape index (κ2) is 9.53. The Hall–Kier alpha value is -3.66. The first-order valence-electron chi connectivity index (χ1n) is 12.4. The van der Waals surface area contributed by atoms with Crippen LogP contribution in [0, 0.1) is 0 Å². The SMILES string of the molecule is c1ccc(C(NCCc2c[nH]c3ccc(C[C@@H]4CO4)cc23)(c2ccccc2)c2ccccc2)cc1. The van der Waals surface area contributed by atoms with E-state index in [1.807, 2.05) is 0 Å². The Balaban J connectivity index is 1.35. The fourth-order valence-electron chi connectivity index (χ4n) is 5.26. The van der Waals surface area contributed by atoms with Crippen LogP contribution in [0.25, 0.3) is 10.9 Å². The van der Waals surface area contributed by atoms with Gasteiger partial charge in [0.1, 0.15) is 0 Å². The summed E-state index contributed by atoms with van der Waals surface area (Å²) in [6.07, 6.45) is 4.49. The molecule has 0 unspecified atom stereocenters. The van der Waals surface area contributed by atoms with Gasteiger partial charge >= 0.3 is 0 Å². The molecule has 1 fully saturated rings. The minimum Gasteiger partial charge on any atom is -0.373 e. The average molecular weight is 459 g/mol. The van der Waals surface area contributed by atoms with Crippen LogP contribution in [0.3, 0.4) is 0 Å². The molecule has 0 bridgehead atoms. The van der Waals surface area contributed by atoms with E-state index in [1.54, 1.807) is 0 Å². The Kier molecular flexibility index (Phi) is 5.95. The zero-order valence-electron chi connectivity index (χ0n) is 19.8. The van der Waals surface area contributed by atoms with Gasteiger partial charge < -0.3 is 9.72 Å². The summed E-state index contributed by atoms with van der Waals surface area (Å²) in [6, 6.07) is 39.1. The molecule has 0 spiro atoms. The maximum Gasteiger partial charge on any atom is 0.0948 e. The van der Waals surface area contributed by atoms with Crippen molar-refractivity contribution in [1.29, 1.82) is 0 Å². The molecule has 6 rings (SSSR count). The molecule has 2 heterocycles. The minimum absolute atomic E-state index is 0.403. The van der Waals surface area contributed by atoms with Gasteiger partial charge in [-0.25, -0.2) is 0 Å². The lowest BCUT2D eigenvalue weighted by molar-refractivity contribution is 0.407. The van der Waals surface area contributed by atoms with Crippen molar-refractivity contribution in [2.24, 2.45) is 0 Å². The number of hydrogen-bond donors (Lipinski definition) is 2. The van der Waals surface area contributed by atoms with Crippen LogP contribution >= 0.6 is 0 Å². The highest BCUT2D eigenvalue weighted by atomic mass is 16.6. The summed E-state index contributed by atoms with van der Waals surface area (Å²) in [4.78, 5) is 3.47. The van der Waals surface area contributed by atoms with Crippen molar-refractivity contribution in [2.75, 3.05) is 13.2 Å². The van der Waals surface area contributed by atoms with Crippen molar-refractivity contribution < 1.29 is 4.74 Å². The van der Waals surface area contributed by atoms with Crippen LogP contribution in [-0.4, -0.2) is 24.2 Å². The van der Waals surface area contributed by atoms with Crippen molar-refractivity contribution >= 4 is 10.9 Å². The van der Waals surface area contributed by atoms with Crippen molar-refractivity contribution in [2.45, 2.75) is 24.5 Å². The third-order valence-corrected chi connectivity index (χ3v) is 7.10. The first-order chi connectivity index (χ1) is 17.3. The van der Waals surface area contributed by atoms with Gasteiger partial charge in [0.15, 0.2) is 0 Å². The fraction of sp³-hybridized carbons (Fsp3) is 0.188. The predicted molar refractivity (Wildman–Crippen MR) is 143 cm³/mol. The molecule has 0 radical (unpaired) electrons. The molecule has 1 atom stereocenters. The summed E-state index contributed by atoms with van der Waals surface area (Å²) >= 11 is 0. The molecule has 5 aromatic rings. The molecule has 1 saturated heterocycles. The van der Waals surface area contributed by atoms with E-state index in [1.165, 1.54) is 38.7 Å². The Bertz CT molecular complexity index is 1290. The Morgan fingerprint density at radius 3 is 1.89 bits per heavy atom. The summed E-state index contributed by atoms with van der Waals surface area (Å²) in [7, 11) is 0. The van der Waals surface area contributed by atoms with Crippen molar-refractivity contribution in [3.63, 3.8) is 0 Å². The van der Waals surface area contributed by atoms with E-state index in [0.717, 1.165) is 26.0 Å². The van der Waals surface area contributed by atoms with E-state index in [4.69, 9.17) is 4.74 Å². The number of nitrogens with one attached hydrogen (secondary N) is 2. The summed E-state index contributed by atoms with van der Waals surface area (Å²) in [5.74, 6) is 0. The molecule has 3 nitrogen and oxygen atoms in total. The van der Waals surface area contributed by atoms with E-state index in [2.05, 4.69) is 126 Å². The van der Waals surface area contributed by atoms with Gasteiger partial charge in [-0.2, -0.15) is 0 Å². The van der Waals surface area contributed by atoms with E-state index < -0.39 is 5.54 Å². The van der Waals surface area contributed by atoms with Crippen molar-refractivity contribution in [3.8, 4) is 0 Å². The molecule has 35 heavy (non-hydrogen) atoms. The lowest BCUT2D eigenvalue weighted by atomic mass is 9.77. The monoisotopic (exact) mass is 458 g/mol. The smallest absolute Gasteiger partial charge is 0.0948 e. The van der Waals surface area contributed by atoms with Crippen LogP contribution in [0.15, 0.2) is 115 Å². The van der Waals surface area contributed by atoms with Crippen LogP contribution in [0.1, 0.15) is 27.8 Å². The highest BCUT2D eigenvalue weighted by Crippen LogP contribution is 2.36. The van der Waals surface area contributed by atoms with Crippen LogP contribution in [-0.2, 0) is 23.1 Å². The van der Waals surface area contributed by atoms with Crippen LogP contribution < -0.4 is 5.32 Å². The quantitative estimate of drug-likeness (QED) is 0.203. The standard InChI is InChI=1S/C32H30N2O/c1-4-10-26(11-5-1)32(27-12-6-2-7-13-27,28-14-8-3-9-15-28)34-19-18-25-22-33-31-17-16-24(21-30(25)31)20-29-23-35-29/h1-17,21-22,29,33-34H,18-20,23H2/t29-/m1/s1. The molecule has 3 heteroatoms. The summed E-state index contributed by atoms with van der Waals surface area (Å²) < 4.78 is 5.45. The fourth-order valence-corrected chi connectivity index (χ4v) is 5.26. The second-order valence-corrected chi connectivity index (χ2v) is 9.38. The summed E-state index contributed by atoms with van der Waals surface area (Å²) in [5, 5.41) is 5.32. The highest BCUT2D eigenvalue weighted by Gasteiger charge is 2.35. The van der Waals surface area contributed by atoms with Gasteiger partial charge in [0.25, 0.3) is 0 Å². The van der Waals surface area contributed by atoms with Gasteiger partial charge in [-0.15, -0.1) is 0 Å². The van der Waals surface area contributed by atoms with Gasteiger partial charge in [-0.1, -0.05) is 97.1 Å². The molecule has 174 valence electrons. The van der Waals surface area contributed by atoms with Crippen LogP contribution in [0.5, 0.6) is 0 Å². The molecule has 1 aliphatic heterocycles. The predicted octanol–water partition coefficient (Wildman–Crippen LogP) is 6.23. The molecule has 0 saturated carbocycles. The topological polar surface area (TPSA) is 40.4 Å². The van der Waals surface area contributed by atoms with Crippen LogP contribution in [0.4, 0.5) is 0 Å². The largest absolute Gasteiger partial charge is 0.373 e. The number of rotatable bonds is 9. The van der Waals surface area contributed by atoms with Gasteiger partial charge in [0.05, 0.1) is 18.2 Å². The molecular weight excluding hydrogens is 428 g/mol. The molecule has 0 amide bonds. The lowest BCUT2D eigenvalue weighted by Crippen LogP contribution is -2.45. The highest BCUT2D eigenvalue weighted by molar-refractivity contribution is 5.84. The zero-order valence-corrected chi connectivity index (χ0v) is 19.8. The van der Waals surface area contributed by atoms with E-state index in [0.29, 0.717) is 6.10 Å². The van der Waals surface area contributed by atoms with E-state index in [-0.39, 0.29) is 0 Å². The maximum atomic E-state index is 5.45. The molecule has 1 aromatic heterocycles. The lowest BCUT2D eigenvalue weighted by Gasteiger charge is -2.37. The van der Waals surface area contributed by atoms with Crippen LogP contribution in [0.2, 0.25) is 0 Å². The van der Waals surface area contributed by atoms with Gasteiger partial charge in [-0.3, -0.25) is 5.32 Å². The summed E-state index contributed by atoms with van der Waals surface area (Å²) in [5.41, 5.74) is 7.16. The van der Waals surface area contributed by atoms with Crippen molar-refractivity contribution in [1.82, 2.24) is 10.3 Å². The molecule has 1 aliphatic rings. The van der Waals surface area contributed by atoms with Crippen molar-refractivity contribution in [3.05, 3.63) is 143 Å². The third kappa shape index (κ3) is 4.41. The van der Waals surface area contributed by atoms with Gasteiger partial charge in [0, 0.05) is 30.1 Å². The number of ether oxygens (including phenoxy) is 1. The van der Waals surface area contributed by atoms with Gasteiger partial charge in [0.2, 0.25) is 0 Å². The third-order valence-electron chi connectivity index (χ3n) is 7.10. The Labute approximate surface area is 206 Å². The second-order valence-electron chi connectivity index (χ2n) is 9.38. The van der Waals surface area contributed by atoms with E-state index in [9.17, 15) is 0 Å². The summed E-state index contributed by atoms with van der Waals surface area (Å²) in [6.45, 7) is 1.73. The molecule has 4 aromatic carbocycles. The van der Waals surface area contributed by atoms with E-state index >= 15 is 0 Å². The normalized spacial score (nSPS) is 15.4. The molecular formula is C32H30N2O. The molecule has 2 N–H and O–H groups in total. The Morgan fingerprint density at radius 2 is 1.34 bits per heavy atom. The number of aromatic amines is 1. The minimum atomic E-state index is -0.440. The number of fused-ring (bicyclic) bond motifs is 1. The Morgan fingerprint density at radius 1 is 0.771 bits per heavy atom. The maximum absolute atomic E-state index is 5.45. The van der Waals surface area contributed by atoms with Gasteiger partial charge in [-0.05, 0) is 46.4 Å². The first-order valence-corrected chi connectivity index (χ1v) is 12.4. The number of benzene rings is 4. The number of aromatic nitrogens is 1. The zero-order chi connectivity index (χ0) is 23.5. The number of H-pyrrole nitrogens is 1.